The van der Waals surface area contributed by atoms with E-state index in [0.717, 1.165) is 5.56 Å². The number of halogens is 2. The molecular formula is C16H14Cl2N2O2. The van der Waals surface area contributed by atoms with Crippen molar-refractivity contribution in [3.05, 3.63) is 69.7 Å². The fraction of sp³-hybridized carbons (Fsp3) is 0.125. The van der Waals surface area contributed by atoms with E-state index in [1.54, 1.807) is 30.3 Å². The molecule has 0 unspecified atom stereocenters. The Morgan fingerprint density at radius 1 is 0.864 bits per heavy atom. The van der Waals surface area contributed by atoms with Crippen LogP contribution in [-0.4, -0.2) is 18.4 Å². The zero-order valence-corrected chi connectivity index (χ0v) is 13.1. The maximum absolute atomic E-state index is 11.9. The van der Waals surface area contributed by atoms with E-state index in [1.807, 2.05) is 18.2 Å². The molecule has 0 aliphatic carbocycles. The van der Waals surface area contributed by atoms with E-state index in [2.05, 4.69) is 10.6 Å². The van der Waals surface area contributed by atoms with Crippen LogP contribution in [0.4, 0.5) is 0 Å². The molecule has 2 N–H and O–H groups in total. The Morgan fingerprint density at radius 3 is 2.18 bits per heavy atom. The molecule has 0 atom stereocenters. The van der Waals surface area contributed by atoms with Gasteiger partial charge < -0.3 is 10.6 Å². The summed E-state index contributed by atoms with van der Waals surface area (Å²) in [7, 11) is 0. The van der Waals surface area contributed by atoms with Gasteiger partial charge in [0.2, 0.25) is 5.91 Å². The van der Waals surface area contributed by atoms with Gasteiger partial charge in [-0.25, -0.2) is 0 Å². The van der Waals surface area contributed by atoms with Crippen LogP contribution in [-0.2, 0) is 11.3 Å². The van der Waals surface area contributed by atoms with Crippen LogP contribution in [0.1, 0.15) is 15.9 Å². The minimum atomic E-state index is -0.390. The number of carbonyl (C=O) groups excluding carboxylic acids is 2. The molecule has 114 valence electrons. The van der Waals surface area contributed by atoms with Gasteiger partial charge >= 0.3 is 0 Å². The van der Waals surface area contributed by atoms with E-state index in [4.69, 9.17) is 23.2 Å². The lowest BCUT2D eigenvalue weighted by atomic mass is 10.2. The summed E-state index contributed by atoms with van der Waals surface area (Å²) in [6, 6.07) is 13.9. The van der Waals surface area contributed by atoms with E-state index in [9.17, 15) is 9.59 Å². The van der Waals surface area contributed by atoms with Crippen molar-refractivity contribution >= 4 is 35.0 Å². The first-order chi connectivity index (χ1) is 10.6. The highest BCUT2D eigenvalue weighted by molar-refractivity contribution is 6.33. The van der Waals surface area contributed by atoms with Gasteiger partial charge in [0, 0.05) is 11.6 Å². The van der Waals surface area contributed by atoms with Gasteiger partial charge in [0.05, 0.1) is 17.1 Å². The van der Waals surface area contributed by atoms with Crippen molar-refractivity contribution in [1.82, 2.24) is 10.6 Å². The van der Waals surface area contributed by atoms with E-state index in [-0.39, 0.29) is 12.5 Å². The molecule has 0 bridgehead atoms. The molecule has 4 nitrogen and oxygen atoms in total. The molecule has 0 aliphatic rings. The molecule has 0 spiro atoms. The fourth-order valence-electron chi connectivity index (χ4n) is 1.80. The Balaban J connectivity index is 1.82. The predicted molar refractivity (Wildman–Crippen MR) is 87.1 cm³/mol. The third kappa shape index (κ3) is 4.48. The SMILES string of the molecule is O=C(CNC(=O)c1ccccc1Cl)NCc1ccccc1Cl. The Labute approximate surface area is 138 Å². The number of carbonyl (C=O) groups is 2. The molecule has 0 saturated heterocycles. The molecule has 2 aromatic rings. The predicted octanol–water partition coefficient (Wildman–Crippen LogP) is 3.04. The Kier molecular flexibility index (Phi) is 5.81. The molecule has 0 aliphatic heterocycles. The van der Waals surface area contributed by atoms with E-state index < -0.39 is 5.91 Å². The minimum absolute atomic E-state index is 0.130. The van der Waals surface area contributed by atoms with Crippen LogP contribution < -0.4 is 10.6 Å². The zero-order valence-electron chi connectivity index (χ0n) is 11.6. The van der Waals surface area contributed by atoms with Crippen molar-refractivity contribution in [2.45, 2.75) is 6.54 Å². The van der Waals surface area contributed by atoms with Crippen molar-refractivity contribution in [2.24, 2.45) is 0 Å². The number of nitrogens with one attached hydrogen (secondary N) is 2. The minimum Gasteiger partial charge on any atom is -0.350 e. The second-order valence-corrected chi connectivity index (χ2v) is 5.35. The van der Waals surface area contributed by atoms with Crippen LogP contribution in [0.3, 0.4) is 0 Å². The zero-order chi connectivity index (χ0) is 15.9. The molecule has 0 aromatic heterocycles. The van der Waals surface area contributed by atoms with Crippen LogP contribution in [0.5, 0.6) is 0 Å². The van der Waals surface area contributed by atoms with Gasteiger partial charge in [-0.3, -0.25) is 9.59 Å². The third-order valence-electron chi connectivity index (χ3n) is 2.96. The molecule has 0 saturated carbocycles. The number of benzene rings is 2. The molecule has 2 aromatic carbocycles. The largest absolute Gasteiger partial charge is 0.350 e. The summed E-state index contributed by atoms with van der Waals surface area (Å²) in [5, 5.41) is 6.14. The normalized spacial score (nSPS) is 10.1. The van der Waals surface area contributed by atoms with Gasteiger partial charge in [-0.15, -0.1) is 0 Å². The highest BCUT2D eigenvalue weighted by Crippen LogP contribution is 2.15. The fourth-order valence-corrected chi connectivity index (χ4v) is 2.22. The average molecular weight is 337 g/mol. The number of rotatable bonds is 5. The first-order valence-electron chi connectivity index (χ1n) is 6.61. The summed E-state index contributed by atoms with van der Waals surface area (Å²) in [6.07, 6.45) is 0. The third-order valence-corrected chi connectivity index (χ3v) is 3.66. The lowest BCUT2D eigenvalue weighted by Gasteiger charge is -2.08. The number of amides is 2. The number of hydrogen-bond donors (Lipinski definition) is 2. The van der Waals surface area contributed by atoms with Crippen LogP contribution in [0.2, 0.25) is 10.0 Å². The lowest BCUT2D eigenvalue weighted by Crippen LogP contribution is -2.36. The van der Waals surface area contributed by atoms with Gasteiger partial charge in [-0.2, -0.15) is 0 Å². The van der Waals surface area contributed by atoms with E-state index in [0.29, 0.717) is 22.2 Å². The summed E-state index contributed by atoms with van der Waals surface area (Å²) in [5.41, 5.74) is 1.15. The summed E-state index contributed by atoms with van der Waals surface area (Å²) in [4.78, 5) is 23.6. The molecule has 22 heavy (non-hydrogen) atoms. The topological polar surface area (TPSA) is 58.2 Å². The van der Waals surface area contributed by atoms with Gasteiger partial charge in [-0.05, 0) is 23.8 Å². The van der Waals surface area contributed by atoms with Crippen molar-refractivity contribution < 1.29 is 9.59 Å². The summed E-state index contributed by atoms with van der Waals surface area (Å²) in [6.45, 7) is 0.176. The van der Waals surface area contributed by atoms with Crippen LogP contribution >= 0.6 is 23.2 Å². The number of hydrogen-bond acceptors (Lipinski definition) is 2. The summed E-state index contributed by atoms with van der Waals surface area (Å²) < 4.78 is 0. The molecule has 0 heterocycles. The monoisotopic (exact) mass is 336 g/mol. The second kappa shape index (κ2) is 7.82. The summed E-state index contributed by atoms with van der Waals surface area (Å²) in [5.74, 6) is -0.696. The quantitative estimate of drug-likeness (QED) is 0.881. The Morgan fingerprint density at radius 2 is 1.50 bits per heavy atom. The van der Waals surface area contributed by atoms with Gasteiger partial charge in [0.25, 0.3) is 5.91 Å². The van der Waals surface area contributed by atoms with E-state index >= 15 is 0 Å². The van der Waals surface area contributed by atoms with Crippen molar-refractivity contribution in [3.63, 3.8) is 0 Å². The second-order valence-electron chi connectivity index (χ2n) is 4.53. The first-order valence-corrected chi connectivity index (χ1v) is 7.36. The molecule has 2 amide bonds. The molecule has 0 radical (unpaired) electrons. The van der Waals surface area contributed by atoms with Crippen molar-refractivity contribution in [3.8, 4) is 0 Å². The molecule has 2 rings (SSSR count). The van der Waals surface area contributed by atoms with Crippen LogP contribution in [0, 0.1) is 0 Å². The first kappa shape index (κ1) is 16.3. The Hall–Kier alpha value is -2.04. The highest BCUT2D eigenvalue weighted by Gasteiger charge is 2.11. The molecule has 0 fully saturated rings. The van der Waals surface area contributed by atoms with Crippen LogP contribution in [0.15, 0.2) is 48.5 Å². The highest BCUT2D eigenvalue weighted by atomic mass is 35.5. The lowest BCUT2D eigenvalue weighted by molar-refractivity contribution is -0.120. The summed E-state index contributed by atoms with van der Waals surface area (Å²) >= 11 is 11.9. The van der Waals surface area contributed by atoms with Gasteiger partial charge in [0.15, 0.2) is 0 Å². The average Bonchev–Trinajstić information content (AvgIpc) is 2.52. The van der Waals surface area contributed by atoms with E-state index in [1.165, 1.54) is 0 Å². The molecule has 6 heteroatoms. The van der Waals surface area contributed by atoms with Gasteiger partial charge in [-0.1, -0.05) is 53.5 Å². The van der Waals surface area contributed by atoms with Crippen molar-refractivity contribution in [1.29, 1.82) is 0 Å². The Bertz CT molecular complexity index is 689. The van der Waals surface area contributed by atoms with Crippen LogP contribution in [0.25, 0.3) is 0 Å². The van der Waals surface area contributed by atoms with Gasteiger partial charge in [0.1, 0.15) is 0 Å². The smallest absolute Gasteiger partial charge is 0.253 e. The maximum atomic E-state index is 11.9. The molecular weight excluding hydrogens is 323 g/mol. The maximum Gasteiger partial charge on any atom is 0.253 e. The standard InChI is InChI=1S/C16H14Cl2N2O2/c17-13-7-3-1-5-11(13)9-19-15(21)10-20-16(22)12-6-2-4-8-14(12)18/h1-8H,9-10H2,(H,19,21)(H,20,22). The van der Waals surface area contributed by atoms with Crippen molar-refractivity contribution in [2.75, 3.05) is 6.54 Å².